The van der Waals surface area contributed by atoms with Crippen LogP contribution in [0, 0.1) is 11.8 Å². The molecule has 0 spiro atoms. The van der Waals surface area contributed by atoms with Crippen LogP contribution in [0.15, 0.2) is 79.0 Å². The normalized spacial score (nSPS) is 11.8. The molecule has 4 rings (SSSR count). The molecule has 4 heteroatoms. The van der Waals surface area contributed by atoms with E-state index in [1.165, 1.54) is 12.7 Å². The maximum atomic E-state index is 13.0. The van der Waals surface area contributed by atoms with Crippen LogP contribution in [-0.2, 0) is 17.7 Å². The van der Waals surface area contributed by atoms with E-state index in [0.717, 1.165) is 16.7 Å². The predicted octanol–water partition coefficient (Wildman–Crippen LogP) is 4.69. The zero-order valence-corrected chi connectivity index (χ0v) is 17.2. The van der Waals surface area contributed by atoms with Crippen LogP contribution in [0.4, 0.5) is 0 Å². The Balaban J connectivity index is 1.50. The van der Waals surface area contributed by atoms with Crippen LogP contribution >= 0.6 is 0 Å². The van der Waals surface area contributed by atoms with Gasteiger partial charge in [0.1, 0.15) is 0 Å². The summed E-state index contributed by atoms with van der Waals surface area (Å²) >= 11 is 0. The van der Waals surface area contributed by atoms with E-state index >= 15 is 0 Å². The van der Waals surface area contributed by atoms with Crippen LogP contribution < -0.4 is 0 Å². The van der Waals surface area contributed by atoms with Gasteiger partial charge in [0, 0.05) is 23.7 Å². The van der Waals surface area contributed by atoms with Gasteiger partial charge in [-0.15, -0.1) is 0 Å². The minimum absolute atomic E-state index is 0.173. The standard InChI is InChI=1S/C27H21NO3/c1-31-27(30)24-12-6-11-23(18-24)26(29)28-16-15-22-14-13-21(17-25(22)19-28)10-5-9-20-7-3-2-4-8-20/h2-4,6-8,11-18H,9,19H2,1H3. The fourth-order valence-corrected chi connectivity index (χ4v) is 3.44. The van der Waals surface area contributed by atoms with Gasteiger partial charge in [0.15, 0.2) is 0 Å². The maximum absolute atomic E-state index is 13.0. The second-order valence-electron chi connectivity index (χ2n) is 7.20. The lowest BCUT2D eigenvalue weighted by atomic mass is 10.00. The molecule has 0 atom stereocenters. The molecule has 3 aromatic rings. The number of ether oxygens (including phenoxy) is 1. The van der Waals surface area contributed by atoms with Gasteiger partial charge in [0.25, 0.3) is 5.91 Å². The molecule has 31 heavy (non-hydrogen) atoms. The second kappa shape index (κ2) is 9.15. The molecular formula is C27H21NO3. The first-order chi connectivity index (χ1) is 15.1. The third-order valence-electron chi connectivity index (χ3n) is 5.08. The Hall–Kier alpha value is -4.10. The van der Waals surface area contributed by atoms with Crippen molar-refractivity contribution < 1.29 is 14.3 Å². The van der Waals surface area contributed by atoms with Crippen molar-refractivity contribution in [2.45, 2.75) is 13.0 Å². The first-order valence-corrected chi connectivity index (χ1v) is 9.97. The highest BCUT2D eigenvalue weighted by Crippen LogP contribution is 2.23. The summed E-state index contributed by atoms with van der Waals surface area (Å²) in [6.45, 7) is 0.446. The van der Waals surface area contributed by atoms with E-state index in [1.54, 1.807) is 35.4 Å². The van der Waals surface area contributed by atoms with Crippen molar-refractivity contribution in [3.63, 3.8) is 0 Å². The molecule has 0 bridgehead atoms. The zero-order chi connectivity index (χ0) is 21.6. The van der Waals surface area contributed by atoms with Crippen LogP contribution in [-0.4, -0.2) is 23.9 Å². The number of benzene rings is 3. The quantitative estimate of drug-likeness (QED) is 0.467. The smallest absolute Gasteiger partial charge is 0.337 e. The van der Waals surface area contributed by atoms with E-state index in [4.69, 9.17) is 4.74 Å². The second-order valence-corrected chi connectivity index (χ2v) is 7.20. The van der Waals surface area contributed by atoms with Crippen molar-refractivity contribution in [3.8, 4) is 11.8 Å². The zero-order valence-electron chi connectivity index (χ0n) is 17.2. The van der Waals surface area contributed by atoms with Crippen LogP contribution in [0.2, 0.25) is 0 Å². The summed E-state index contributed by atoms with van der Waals surface area (Å²) in [6.07, 6.45) is 4.39. The highest BCUT2D eigenvalue weighted by molar-refractivity contribution is 5.98. The molecule has 1 aliphatic heterocycles. The fraction of sp³-hybridized carbons (Fsp3) is 0.111. The highest BCUT2D eigenvalue weighted by atomic mass is 16.5. The van der Waals surface area contributed by atoms with Gasteiger partial charge in [-0.25, -0.2) is 4.79 Å². The molecule has 1 aliphatic rings. The molecule has 0 aliphatic carbocycles. The fourth-order valence-electron chi connectivity index (χ4n) is 3.44. The van der Waals surface area contributed by atoms with Crippen molar-refractivity contribution in [2.75, 3.05) is 7.11 Å². The predicted molar refractivity (Wildman–Crippen MR) is 120 cm³/mol. The van der Waals surface area contributed by atoms with E-state index in [9.17, 15) is 9.59 Å². The van der Waals surface area contributed by atoms with E-state index in [0.29, 0.717) is 24.1 Å². The Kier molecular flexibility index (Phi) is 5.96. The Bertz CT molecular complexity index is 1220. The van der Waals surface area contributed by atoms with Gasteiger partial charge < -0.3 is 9.64 Å². The SMILES string of the molecule is COC(=O)c1cccc(C(=O)N2C=Cc3ccc(C#CCc4ccccc4)cc3C2)c1. The summed E-state index contributed by atoms with van der Waals surface area (Å²) in [6, 6.07) is 22.8. The Morgan fingerprint density at radius 3 is 2.58 bits per heavy atom. The summed E-state index contributed by atoms with van der Waals surface area (Å²) in [5, 5.41) is 0. The van der Waals surface area contributed by atoms with Crippen molar-refractivity contribution in [3.05, 3.63) is 112 Å². The van der Waals surface area contributed by atoms with E-state index in [1.807, 2.05) is 42.5 Å². The molecule has 1 heterocycles. The summed E-state index contributed by atoms with van der Waals surface area (Å²) in [4.78, 5) is 26.4. The lowest BCUT2D eigenvalue weighted by Crippen LogP contribution is -2.27. The highest BCUT2D eigenvalue weighted by Gasteiger charge is 2.19. The van der Waals surface area contributed by atoms with Crippen LogP contribution in [0.25, 0.3) is 6.08 Å². The maximum Gasteiger partial charge on any atom is 0.337 e. The molecule has 152 valence electrons. The van der Waals surface area contributed by atoms with Gasteiger partial charge in [-0.3, -0.25) is 4.79 Å². The number of carbonyl (C=O) groups excluding carboxylic acids is 2. The van der Waals surface area contributed by atoms with Gasteiger partial charge >= 0.3 is 5.97 Å². The van der Waals surface area contributed by atoms with Crippen LogP contribution in [0.1, 0.15) is 43.0 Å². The van der Waals surface area contributed by atoms with Crippen molar-refractivity contribution in [1.29, 1.82) is 0 Å². The Labute approximate surface area is 181 Å². The van der Waals surface area contributed by atoms with E-state index < -0.39 is 5.97 Å². The van der Waals surface area contributed by atoms with Crippen molar-refractivity contribution in [2.24, 2.45) is 0 Å². The van der Waals surface area contributed by atoms with Gasteiger partial charge in [-0.1, -0.05) is 54.3 Å². The van der Waals surface area contributed by atoms with Crippen LogP contribution in [0.3, 0.4) is 0 Å². The summed E-state index contributed by atoms with van der Waals surface area (Å²) in [7, 11) is 1.32. The van der Waals surface area contributed by atoms with Crippen LogP contribution in [0.5, 0.6) is 0 Å². The van der Waals surface area contributed by atoms with Gasteiger partial charge in [0.05, 0.1) is 19.2 Å². The van der Waals surface area contributed by atoms with E-state index in [-0.39, 0.29) is 5.91 Å². The molecule has 0 saturated heterocycles. The first-order valence-electron chi connectivity index (χ1n) is 9.97. The van der Waals surface area contributed by atoms with Gasteiger partial charge in [0.2, 0.25) is 0 Å². The van der Waals surface area contributed by atoms with Crippen molar-refractivity contribution in [1.82, 2.24) is 4.90 Å². The number of fused-ring (bicyclic) bond motifs is 1. The molecule has 4 nitrogen and oxygen atoms in total. The first kappa shape index (κ1) is 20.2. The molecule has 0 radical (unpaired) electrons. The number of methoxy groups -OCH3 is 1. The molecule has 1 amide bonds. The van der Waals surface area contributed by atoms with E-state index in [2.05, 4.69) is 24.0 Å². The number of carbonyl (C=O) groups is 2. The molecule has 0 N–H and O–H groups in total. The molecule has 0 unspecified atom stereocenters. The number of hydrogen-bond donors (Lipinski definition) is 0. The number of esters is 1. The minimum atomic E-state index is -0.465. The number of amides is 1. The Morgan fingerprint density at radius 1 is 0.968 bits per heavy atom. The Morgan fingerprint density at radius 2 is 1.77 bits per heavy atom. The third kappa shape index (κ3) is 4.73. The third-order valence-corrected chi connectivity index (χ3v) is 5.08. The lowest BCUT2D eigenvalue weighted by Gasteiger charge is -2.24. The van der Waals surface area contributed by atoms with Gasteiger partial charge in [-0.05, 0) is 53.1 Å². The molecule has 3 aromatic carbocycles. The molecule has 0 fully saturated rings. The molecular weight excluding hydrogens is 386 g/mol. The largest absolute Gasteiger partial charge is 0.465 e. The monoisotopic (exact) mass is 407 g/mol. The van der Waals surface area contributed by atoms with Gasteiger partial charge in [-0.2, -0.15) is 0 Å². The summed E-state index contributed by atoms with van der Waals surface area (Å²) < 4.78 is 4.75. The van der Waals surface area contributed by atoms with Crippen molar-refractivity contribution >= 4 is 18.0 Å². The lowest BCUT2D eigenvalue weighted by molar-refractivity contribution is 0.0600. The minimum Gasteiger partial charge on any atom is -0.465 e. The molecule has 0 saturated carbocycles. The average Bonchev–Trinajstić information content (AvgIpc) is 2.83. The molecule has 0 aromatic heterocycles. The summed E-state index contributed by atoms with van der Waals surface area (Å²) in [5.74, 6) is 5.79. The number of rotatable bonds is 3. The number of nitrogens with zero attached hydrogens (tertiary/aromatic N) is 1. The summed E-state index contributed by atoms with van der Waals surface area (Å²) in [5.41, 5.74) is 5.00. The average molecular weight is 407 g/mol. The number of hydrogen-bond acceptors (Lipinski definition) is 3. The topological polar surface area (TPSA) is 46.6 Å².